The molecule has 0 saturated carbocycles. The zero-order chi connectivity index (χ0) is 29.1. The second kappa shape index (κ2) is 14.9. The number of Topliss-reactive ketones (excluding diaryl/α,β-unsaturated/α-hetero) is 2. The number of nitrogens with one attached hydrogen (secondary N) is 1. The Balaban J connectivity index is 0.000000283. The largest absolute Gasteiger partial charge is 0.510 e. The molecular weight excluding hydrogens is 578 g/mol. The van der Waals surface area contributed by atoms with Gasteiger partial charge in [-0.05, 0) is 38.1 Å². The second-order valence-corrected chi connectivity index (χ2v) is 9.45. The first-order valence-electron chi connectivity index (χ1n) is 12.1. The van der Waals surface area contributed by atoms with Crippen molar-refractivity contribution in [3.8, 4) is 0 Å². The summed E-state index contributed by atoms with van der Waals surface area (Å²) in [5.74, 6) is -4.11. The van der Waals surface area contributed by atoms with Crippen molar-refractivity contribution < 1.29 is 43.7 Å². The van der Waals surface area contributed by atoms with Gasteiger partial charge >= 0.3 is 11.9 Å². The molecule has 0 spiro atoms. The monoisotopic (exact) mass is 607 g/mol. The third-order valence-corrected chi connectivity index (χ3v) is 6.01. The van der Waals surface area contributed by atoms with Crippen LogP contribution in [0.2, 0.25) is 0 Å². The average Bonchev–Trinajstić information content (AvgIpc) is 2.87. The lowest BCUT2D eigenvalue weighted by Crippen LogP contribution is -2.34. The molecule has 13 heteroatoms. The number of benzene rings is 1. The number of aliphatic hydroxyl groups is 2. The van der Waals surface area contributed by atoms with E-state index in [1.807, 2.05) is 0 Å². The highest BCUT2D eigenvalue weighted by Crippen LogP contribution is 2.29. The molecule has 210 valence electrons. The van der Waals surface area contributed by atoms with Crippen molar-refractivity contribution in [3.05, 3.63) is 51.7 Å². The summed E-state index contributed by atoms with van der Waals surface area (Å²) >= 11 is 3.31. The summed E-state index contributed by atoms with van der Waals surface area (Å²) in [7, 11) is 0. The zero-order valence-corrected chi connectivity index (χ0v) is 23.3. The number of carbonyl (C=O) groups excluding carboxylic acids is 5. The van der Waals surface area contributed by atoms with Gasteiger partial charge in [0.25, 0.3) is 0 Å². The SMILES string of the molecule is CCOC(=O)C1CC(=O)C(N=Nc2ccc(Br)cc2)=C(O)C1.CCOC(=O)C1CC(=O)C(NC(C)=O)=C(O)C1. The quantitative estimate of drug-likeness (QED) is 0.301. The Bertz CT molecular complexity index is 1210. The average molecular weight is 608 g/mol. The number of hydrogen-bond acceptors (Lipinski definition) is 11. The Morgan fingerprint density at radius 3 is 1.85 bits per heavy atom. The van der Waals surface area contributed by atoms with Crippen molar-refractivity contribution >= 4 is 51.0 Å². The van der Waals surface area contributed by atoms with Crippen LogP contribution in [0.3, 0.4) is 0 Å². The van der Waals surface area contributed by atoms with Crippen LogP contribution in [0.5, 0.6) is 0 Å². The third-order valence-electron chi connectivity index (χ3n) is 5.48. The predicted molar refractivity (Wildman–Crippen MR) is 141 cm³/mol. The molecule has 2 aliphatic carbocycles. The van der Waals surface area contributed by atoms with Crippen molar-refractivity contribution in [2.45, 2.75) is 46.5 Å². The molecule has 0 radical (unpaired) electrons. The van der Waals surface area contributed by atoms with Gasteiger partial charge in [-0.3, -0.25) is 24.0 Å². The summed E-state index contributed by atoms with van der Waals surface area (Å²) in [5.41, 5.74) is 0.352. The number of amides is 1. The summed E-state index contributed by atoms with van der Waals surface area (Å²) in [6, 6.07) is 7.03. The molecule has 2 aliphatic rings. The van der Waals surface area contributed by atoms with Gasteiger partial charge in [0, 0.05) is 37.1 Å². The number of hydrogen-bond donors (Lipinski definition) is 3. The maximum absolute atomic E-state index is 12.0. The highest BCUT2D eigenvalue weighted by Gasteiger charge is 2.34. The molecule has 0 aromatic heterocycles. The highest BCUT2D eigenvalue weighted by molar-refractivity contribution is 9.10. The Morgan fingerprint density at radius 1 is 0.872 bits per heavy atom. The molecule has 0 saturated heterocycles. The minimum atomic E-state index is -0.667. The molecule has 2 unspecified atom stereocenters. The van der Waals surface area contributed by atoms with Crippen molar-refractivity contribution in [2.24, 2.45) is 22.1 Å². The van der Waals surface area contributed by atoms with Crippen LogP contribution in [0.1, 0.15) is 46.5 Å². The van der Waals surface area contributed by atoms with Gasteiger partial charge < -0.3 is 25.0 Å². The Morgan fingerprint density at radius 2 is 1.38 bits per heavy atom. The third kappa shape index (κ3) is 9.43. The Hall–Kier alpha value is -3.87. The predicted octanol–water partition coefficient (Wildman–Crippen LogP) is 4.28. The van der Waals surface area contributed by atoms with Crippen LogP contribution >= 0.6 is 15.9 Å². The Labute approximate surface area is 233 Å². The number of nitrogens with zero attached hydrogens (tertiary/aromatic N) is 2. The van der Waals surface area contributed by atoms with Gasteiger partial charge in [0.1, 0.15) is 17.2 Å². The number of carbonyl (C=O) groups is 5. The number of allylic oxidation sites excluding steroid dienone is 4. The summed E-state index contributed by atoms with van der Waals surface area (Å²) in [5, 5.41) is 29.6. The molecule has 0 bridgehead atoms. The van der Waals surface area contributed by atoms with Crippen LogP contribution in [0.25, 0.3) is 0 Å². The minimum absolute atomic E-state index is 0.0141. The van der Waals surface area contributed by atoms with E-state index in [2.05, 4.69) is 31.5 Å². The van der Waals surface area contributed by atoms with E-state index in [9.17, 15) is 34.2 Å². The smallest absolute Gasteiger partial charge is 0.309 e. The van der Waals surface area contributed by atoms with Crippen LogP contribution in [-0.4, -0.2) is 52.8 Å². The summed E-state index contributed by atoms with van der Waals surface area (Å²) in [4.78, 5) is 57.5. The fourth-order valence-electron chi connectivity index (χ4n) is 3.68. The van der Waals surface area contributed by atoms with E-state index in [1.165, 1.54) is 6.92 Å². The molecule has 0 aliphatic heterocycles. The van der Waals surface area contributed by atoms with E-state index in [1.54, 1.807) is 38.1 Å². The molecule has 3 N–H and O–H groups in total. The number of ether oxygens (including phenoxy) is 2. The number of aliphatic hydroxyl groups excluding tert-OH is 2. The first-order chi connectivity index (χ1) is 18.5. The van der Waals surface area contributed by atoms with Crippen molar-refractivity contribution in [1.82, 2.24) is 5.32 Å². The van der Waals surface area contributed by atoms with Gasteiger partial charge in [-0.1, -0.05) is 15.9 Å². The molecule has 1 aromatic rings. The lowest BCUT2D eigenvalue weighted by Gasteiger charge is -2.21. The number of rotatable bonds is 7. The summed E-state index contributed by atoms with van der Waals surface area (Å²) in [6.07, 6.45) is -0.0322. The number of esters is 2. The maximum Gasteiger partial charge on any atom is 0.309 e. The van der Waals surface area contributed by atoms with Gasteiger partial charge in [-0.2, -0.15) is 5.11 Å². The van der Waals surface area contributed by atoms with E-state index in [-0.39, 0.29) is 61.8 Å². The number of halogens is 1. The van der Waals surface area contributed by atoms with Crippen LogP contribution < -0.4 is 5.32 Å². The lowest BCUT2D eigenvalue weighted by molar-refractivity contribution is -0.150. The highest BCUT2D eigenvalue weighted by atomic mass is 79.9. The van der Waals surface area contributed by atoms with E-state index in [0.717, 1.165) is 4.47 Å². The van der Waals surface area contributed by atoms with Gasteiger partial charge in [0.2, 0.25) is 5.91 Å². The summed E-state index contributed by atoms with van der Waals surface area (Å²) < 4.78 is 10.6. The topological polar surface area (TPSA) is 181 Å². The minimum Gasteiger partial charge on any atom is -0.510 e. The van der Waals surface area contributed by atoms with E-state index >= 15 is 0 Å². The van der Waals surface area contributed by atoms with Crippen molar-refractivity contribution in [1.29, 1.82) is 0 Å². The molecule has 1 aromatic carbocycles. The number of ketones is 2. The lowest BCUT2D eigenvalue weighted by atomic mass is 9.90. The molecule has 0 heterocycles. The standard InChI is InChI=1S/C15H15BrN2O4.C11H15NO5/c1-2-22-15(21)9-7-12(19)14(13(20)8-9)18-17-11-5-3-10(16)4-6-11;1-3-17-11(16)7-4-8(14)10(9(15)5-7)12-6(2)13/h3-6,9,19H,2,7-8H2,1H3;7,14H,3-5H2,1-2H3,(H,12,13). The molecule has 2 atom stereocenters. The molecule has 3 rings (SSSR count). The van der Waals surface area contributed by atoms with Crippen molar-refractivity contribution in [2.75, 3.05) is 13.2 Å². The maximum atomic E-state index is 12.0. The molecule has 39 heavy (non-hydrogen) atoms. The van der Waals surface area contributed by atoms with Crippen LogP contribution in [0.4, 0.5) is 5.69 Å². The van der Waals surface area contributed by atoms with Gasteiger partial charge in [0.05, 0.1) is 30.7 Å². The molecule has 12 nitrogen and oxygen atoms in total. The van der Waals surface area contributed by atoms with Gasteiger partial charge in [-0.15, -0.1) is 5.11 Å². The fourth-order valence-corrected chi connectivity index (χ4v) is 3.94. The number of azo groups is 1. The van der Waals surface area contributed by atoms with Crippen LogP contribution in [-0.2, 0) is 33.4 Å². The Kier molecular flexibility index (Phi) is 12.0. The van der Waals surface area contributed by atoms with Gasteiger partial charge in [0.15, 0.2) is 17.3 Å². The summed E-state index contributed by atoms with van der Waals surface area (Å²) in [6.45, 7) is 5.07. The second-order valence-electron chi connectivity index (χ2n) is 8.54. The van der Waals surface area contributed by atoms with Crippen LogP contribution in [0.15, 0.2) is 61.9 Å². The van der Waals surface area contributed by atoms with Gasteiger partial charge in [-0.25, -0.2) is 0 Å². The van der Waals surface area contributed by atoms with E-state index in [4.69, 9.17) is 9.47 Å². The zero-order valence-electron chi connectivity index (χ0n) is 21.7. The molecule has 0 fully saturated rings. The van der Waals surface area contributed by atoms with Crippen LogP contribution in [0, 0.1) is 11.8 Å². The normalized spacial score (nSPS) is 19.4. The first kappa shape index (κ1) is 31.3. The van der Waals surface area contributed by atoms with E-state index in [0.29, 0.717) is 5.69 Å². The van der Waals surface area contributed by atoms with Crippen molar-refractivity contribution in [3.63, 3.8) is 0 Å². The van der Waals surface area contributed by atoms with E-state index < -0.39 is 41.2 Å². The fraction of sp³-hybridized carbons (Fsp3) is 0.423. The molecule has 1 amide bonds. The first-order valence-corrected chi connectivity index (χ1v) is 12.9. The molecular formula is C26H30BrN3O9.